The van der Waals surface area contributed by atoms with Crippen LogP contribution in [0.1, 0.15) is 16.7 Å². The zero-order valence-electron chi connectivity index (χ0n) is 13.4. The Balaban J connectivity index is 1.79. The SMILES string of the molecule is Fc1ccc(C2(c3ccc(F)cc3)CN=C(c3ccccc3)N2)cc1. The van der Waals surface area contributed by atoms with Crippen LogP contribution in [-0.4, -0.2) is 12.4 Å². The minimum atomic E-state index is -0.646. The zero-order valence-corrected chi connectivity index (χ0v) is 13.4. The second-order valence-electron chi connectivity index (χ2n) is 6.07. The second-order valence-corrected chi connectivity index (χ2v) is 6.07. The van der Waals surface area contributed by atoms with Gasteiger partial charge in [0.2, 0.25) is 0 Å². The molecule has 0 fully saturated rings. The molecule has 4 heteroatoms. The predicted molar refractivity (Wildman–Crippen MR) is 94.6 cm³/mol. The van der Waals surface area contributed by atoms with Crippen molar-refractivity contribution in [2.75, 3.05) is 6.54 Å². The number of aliphatic imine (C=N–C) groups is 1. The fourth-order valence-electron chi connectivity index (χ4n) is 3.20. The second kappa shape index (κ2) is 6.13. The van der Waals surface area contributed by atoms with E-state index < -0.39 is 5.54 Å². The van der Waals surface area contributed by atoms with Gasteiger partial charge >= 0.3 is 0 Å². The molecule has 3 aromatic carbocycles. The van der Waals surface area contributed by atoms with E-state index in [-0.39, 0.29) is 11.6 Å². The Morgan fingerprint density at radius 3 is 1.76 bits per heavy atom. The van der Waals surface area contributed by atoms with Gasteiger partial charge in [0.25, 0.3) is 0 Å². The maximum Gasteiger partial charge on any atom is 0.129 e. The molecular weight excluding hydrogens is 318 g/mol. The minimum Gasteiger partial charge on any atom is -0.355 e. The molecule has 1 aliphatic heterocycles. The lowest BCUT2D eigenvalue weighted by molar-refractivity contribution is 0.520. The summed E-state index contributed by atoms with van der Waals surface area (Å²) in [7, 11) is 0. The molecule has 2 nitrogen and oxygen atoms in total. The molecule has 124 valence electrons. The molecule has 0 amide bonds. The number of hydrogen-bond donors (Lipinski definition) is 1. The summed E-state index contributed by atoms with van der Waals surface area (Å²) in [5.41, 5.74) is 2.10. The summed E-state index contributed by atoms with van der Waals surface area (Å²) in [6.45, 7) is 0.453. The highest BCUT2D eigenvalue weighted by atomic mass is 19.1. The molecule has 0 spiro atoms. The van der Waals surface area contributed by atoms with E-state index in [9.17, 15) is 8.78 Å². The molecule has 1 heterocycles. The molecule has 0 aliphatic carbocycles. The van der Waals surface area contributed by atoms with Crippen LogP contribution in [0.15, 0.2) is 83.9 Å². The predicted octanol–water partition coefficient (Wildman–Crippen LogP) is 4.26. The van der Waals surface area contributed by atoms with Gasteiger partial charge in [0, 0.05) is 5.56 Å². The number of halogens is 2. The van der Waals surface area contributed by atoms with Crippen molar-refractivity contribution in [3.8, 4) is 0 Å². The van der Waals surface area contributed by atoms with Crippen LogP contribution < -0.4 is 5.32 Å². The number of benzene rings is 3. The highest BCUT2D eigenvalue weighted by Gasteiger charge is 2.39. The van der Waals surface area contributed by atoms with Crippen molar-refractivity contribution in [1.29, 1.82) is 0 Å². The van der Waals surface area contributed by atoms with Gasteiger partial charge in [0.1, 0.15) is 23.0 Å². The standard InChI is InChI=1S/C21H16F2N2/c22-18-10-6-16(7-11-18)21(17-8-12-19(23)13-9-17)14-24-20(25-21)15-4-2-1-3-5-15/h1-13H,14H2,(H,24,25). The van der Waals surface area contributed by atoms with Crippen LogP contribution in [0.3, 0.4) is 0 Å². The third-order valence-corrected chi connectivity index (χ3v) is 4.53. The molecule has 0 saturated carbocycles. The van der Waals surface area contributed by atoms with E-state index in [4.69, 9.17) is 0 Å². The Kier molecular flexibility index (Phi) is 3.80. The smallest absolute Gasteiger partial charge is 0.129 e. The Morgan fingerprint density at radius 1 is 0.720 bits per heavy atom. The molecule has 1 aliphatic rings. The Morgan fingerprint density at radius 2 is 1.24 bits per heavy atom. The first-order valence-corrected chi connectivity index (χ1v) is 8.07. The van der Waals surface area contributed by atoms with Gasteiger partial charge in [0.15, 0.2) is 0 Å². The first-order chi connectivity index (χ1) is 12.2. The van der Waals surface area contributed by atoms with Gasteiger partial charge in [-0.25, -0.2) is 8.78 Å². The van der Waals surface area contributed by atoms with Crippen LogP contribution in [0, 0.1) is 11.6 Å². The summed E-state index contributed by atoms with van der Waals surface area (Å²) in [6, 6.07) is 22.5. The number of nitrogens with one attached hydrogen (secondary N) is 1. The molecule has 4 rings (SSSR count). The molecule has 0 saturated heterocycles. The Bertz CT molecular complexity index is 855. The minimum absolute atomic E-state index is 0.291. The summed E-state index contributed by atoms with van der Waals surface area (Å²) in [4.78, 5) is 4.68. The first kappa shape index (κ1) is 15.5. The summed E-state index contributed by atoms with van der Waals surface area (Å²) in [5, 5.41) is 3.50. The topological polar surface area (TPSA) is 24.4 Å². The van der Waals surface area contributed by atoms with Crippen molar-refractivity contribution in [2.45, 2.75) is 5.54 Å². The van der Waals surface area contributed by atoms with Crippen LogP contribution in [-0.2, 0) is 5.54 Å². The van der Waals surface area contributed by atoms with Gasteiger partial charge < -0.3 is 5.32 Å². The van der Waals surface area contributed by atoms with Crippen molar-refractivity contribution in [1.82, 2.24) is 5.32 Å². The summed E-state index contributed by atoms with van der Waals surface area (Å²) >= 11 is 0. The van der Waals surface area contributed by atoms with Crippen molar-refractivity contribution in [2.24, 2.45) is 4.99 Å². The average Bonchev–Trinajstić information content (AvgIpc) is 3.10. The van der Waals surface area contributed by atoms with E-state index in [2.05, 4.69) is 10.3 Å². The third kappa shape index (κ3) is 2.80. The molecule has 25 heavy (non-hydrogen) atoms. The van der Waals surface area contributed by atoms with Gasteiger partial charge in [-0.1, -0.05) is 54.6 Å². The Hall–Kier alpha value is -3.01. The van der Waals surface area contributed by atoms with E-state index in [1.54, 1.807) is 24.3 Å². The number of hydrogen-bond acceptors (Lipinski definition) is 2. The van der Waals surface area contributed by atoms with Gasteiger partial charge in [-0.05, 0) is 35.4 Å². The largest absolute Gasteiger partial charge is 0.355 e. The van der Waals surface area contributed by atoms with E-state index in [1.165, 1.54) is 24.3 Å². The maximum atomic E-state index is 13.4. The molecule has 0 atom stereocenters. The van der Waals surface area contributed by atoms with Crippen LogP contribution >= 0.6 is 0 Å². The Labute approximate surface area is 144 Å². The van der Waals surface area contributed by atoms with E-state index in [0.717, 1.165) is 22.5 Å². The van der Waals surface area contributed by atoms with Gasteiger partial charge in [0.05, 0.1) is 6.54 Å². The molecular formula is C21H16F2N2. The lowest BCUT2D eigenvalue weighted by Gasteiger charge is -2.31. The van der Waals surface area contributed by atoms with E-state index in [1.807, 2.05) is 30.3 Å². The molecule has 0 aromatic heterocycles. The summed E-state index contributed by atoms with van der Waals surface area (Å²) < 4.78 is 26.8. The van der Waals surface area contributed by atoms with Crippen molar-refractivity contribution >= 4 is 5.84 Å². The monoisotopic (exact) mass is 334 g/mol. The lowest BCUT2D eigenvalue weighted by atomic mass is 9.83. The zero-order chi connectivity index (χ0) is 17.3. The fourth-order valence-corrected chi connectivity index (χ4v) is 3.20. The molecule has 0 bridgehead atoms. The summed E-state index contributed by atoms with van der Waals surface area (Å²) in [5.74, 6) is 0.189. The van der Waals surface area contributed by atoms with E-state index >= 15 is 0 Å². The molecule has 3 aromatic rings. The maximum absolute atomic E-state index is 13.4. The highest BCUT2D eigenvalue weighted by Crippen LogP contribution is 2.34. The van der Waals surface area contributed by atoms with Gasteiger partial charge in [-0.15, -0.1) is 0 Å². The van der Waals surface area contributed by atoms with Crippen LogP contribution in [0.25, 0.3) is 0 Å². The fraction of sp³-hybridized carbons (Fsp3) is 0.0952. The molecule has 0 unspecified atom stereocenters. The average molecular weight is 334 g/mol. The van der Waals surface area contributed by atoms with Gasteiger partial charge in [-0.3, -0.25) is 4.99 Å². The molecule has 0 radical (unpaired) electrons. The number of amidine groups is 1. The first-order valence-electron chi connectivity index (χ1n) is 8.07. The third-order valence-electron chi connectivity index (χ3n) is 4.53. The summed E-state index contributed by atoms with van der Waals surface area (Å²) in [6.07, 6.45) is 0. The van der Waals surface area contributed by atoms with Crippen molar-refractivity contribution in [3.05, 3.63) is 107 Å². The van der Waals surface area contributed by atoms with Crippen molar-refractivity contribution < 1.29 is 8.78 Å². The number of rotatable bonds is 3. The van der Waals surface area contributed by atoms with E-state index in [0.29, 0.717) is 6.54 Å². The molecule has 1 N–H and O–H groups in total. The quantitative estimate of drug-likeness (QED) is 0.760. The van der Waals surface area contributed by atoms with Crippen LogP contribution in [0.2, 0.25) is 0 Å². The lowest BCUT2D eigenvalue weighted by Crippen LogP contribution is -2.44. The number of nitrogens with zero attached hydrogens (tertiary/aromatic N) is 1. The van der Waals surface area contributed by atoms with Crippen LogP contribution in [0.5, 0.6) is 0 Å². The van der Waals surface area contributed by atoms with Gasteiger partial charge in [-0.2, -0.15) is 0 Å². The normalized spacial score (nSPS) is 15.5. The van der Waals surface area contributed by atoms with Crippen molar-refractivity contribution in [3.63, 3.8) is 0 Å². The van der Waals surface area contributed by atoms with Crippen LogP contribution in [0.4, 0.5) is 8.78 Å². The highest BCUT2D eigenvalue weighted by molar-refractivity contribution is 6.01.